The summed E-state index contributed by atoms with van der Waals surface area (Å²) < 4.78 is 0. The lowest BCUT2D eigenvalue weighted by molar-refractivity contribution is -0.0122. The van der Waals surface area contributed by atoms with Gasteiger partial charge in [-0.05, 0) is 36.0 Å². The minimum Gasteiger partial charge on any atom is -0.380 e. The maximum absolute atomic E-state index is 12.8. The number of likely N-dealkylation sites (tertiary alicyclic amines) is 1. The first-order chi connectivity index (χ1) is 14.1. The molecule has 0 bridgehead atoms. The van der Waals surface area contributed by atoms with Crippen molar-refractivity contribution in [2.45, 2.75) is 18.4 Å². The van der Waals surface area contributed by atoms with E-state index in [-0.39, 0.29) is 11.8 Å². The Labute approximate surface area is 175 Å². The molecule has 29 heavy (non-hydrogen) atoms. The molecule has 1 aromatic heterocycles. The topological polar surface area (TPSA) is 53.4 Å². The van der Waals surface area contributed by atoms with E-state index in [1.165, 1.54) is 6.20 Å². The van der Waals surface area contributed by atoms with Crippen molar-refractivity contribution in [2.24, 2.45) is 5.92 Å². The Bertz CT molecular complexity index is 931. The van der Waals surface area contributed by atoms with Crippen molar-refractivity contribution in [3.05, 3.63) is 101 Å². The van der Waals surface area contributed by atoms with Gasteiger partial charge in [-0.1, -0.05) is 72.3 Å². The third-order valence-corrected chi connectivity index (χ3v) is 5.96. The van der Waals surface area contributed by atoms with E-state index in [9.17, 15) is 9.90 Å². The van der Waals surface area contributed by atoms with E-state index < -0.39 is 5.60 Å². The van der Waals surface area contributed by atoms with E-state index >= 15 is 0 Å². The number of carbonyl (C=O) groups excluding carboxylic acids is 1. The Morgan fingerprint density at radius 3 is 2.03 bits per heavy atom. The fourth-order valence-electron chi connectivity index (χ4n) is 4.23. The van der Waals surface area contributed by atoms with Gasteiger partial charge in [0, 0.05) is 25.5 Å². The number of benzene rings is 2. The van der Waals surface area contributed by atoms with Crippen LogP contribution in [0.1, 0.15) is 34.3 Å². The smallest absolute Gasteiger partial charge is 0.255 e. The van der Waals surface area contributed by atoms with Crippen molar-refractivity contribution in [3.63, 3.8) is 0 Å². The molecule has 2 heterocycles. The molecule has 4 rings (SSSR count). The summed E-state index contributed by atoms with van der Waals surface area (Å²) >= 11 is 5.98. The fraction of sp³-hybridized carbons (Fsp3) is 0.250. The maximum atomic E-state index is 12.8. The summed E-state index contributed by atoms with van der Waals surface area (Å²) in [6.45, 7) is 1.16. The number of rotatable bonds is 4. The van der Waals surface area contributed by atoms with Crippen molar-refractivity contribution in [1.82, 2.24) is 9.88 Å². The highest BCUT2D eigenvalue weighted by Crippen LogP contribution is 2.42. The van der Waals surface area contributed by atoms with Gasteiger partial charge in [0.25, 0.3) is 5.91 Å². The standard InChI is InChI=1S/C24H23ClN2O2/c25-22-15-18(16-26-17-22)23(28)27-13-11-21(12-14-27)24(29,19-7-3-1-4-8-19)20-9-5-2-6-10-20/h1-10,15-17,21,29H,11-14H2. The molecule has 0 saturated carbocycles. The molecule has 1 saturated heterocycles. The van der Waals surface area contributed by atoms with Crippen LogP contribution in [0.25, 0.3) is 0 Å². The van der Waals surface area contributed by atoms with Crippen LogP contribution >= 0.6 is 11.6 Å². The number of pyridine rings is 1. The molecule has 1 aliphatic rings. The highest BCUT2D eigenvalue weighted by atomic mass is 35.5. The SMILES string of the molecule is O=C(c1cncc(Cl)c1)N1CCC(C(O)(c2ccccc2)c2ccccc2)CC1. The van der Waals surface area contributed by atoms with Gasteiger partial charge < -0.3 is 10.0 Å². The van der Waals surface area contributed by atoms with Crippen molar-refractivity contribution >= 4 is 17.5 Å². The van der Waals surface area contributed by atoms with Gasteiger partial charge in [-0.25, -0.2) is 0 Å². The zero-order valence-electron chi connectivity index (χ0n) is 16.0. The zero-order valence-corrected chi connectivity index (χ0v) is 16.8. The zero-order chi connectivity index (χ0) is 20.3. The number of aromatic nitrogens is 1. The maximum Gasteiger partial charge on any atom is 0.255 e. The third kappa shape index (κ3) is 3.91. The summed E-state index contributed by atoms with van der Waals surface area (Å²) in [5.41, 5.74) is 1.18. The van der Waals surface area contributed by atoms with Crippen LogP contribution in [-0.2, 0) is 5.60 Å². The Morgan fingerprint density at radius 2 is 1.52 bits per heavy atom. The minimum atomic E-state index is -1.09. The minimum absolute atomic E-state index is 0.00818. The van der Waals surface area contributed by atoms with Crippen LogP contribution < -0.4 is 0 Å². The second-order valence-electron chi connectivity index (χ2n) is 7.46. The third-order valence-electron chi connectivity index (χ3n) is 5.75. The van der Waals surface area contributed by atoms with E-state index in [1.807, 2.05) is 65.6 Å². The molecule has 1 N–H and O–H groups in total. The summed E-state index contributed by atoms with van der Waals surface area (Å²) in [6, 6.07) is 21.3. The Hall–Kier alpha value is -2.69. The van der Waals surface area contributed by atoms with Gasteiger partial charge in [-0.3, -0.25) is 9.78 Å². The molecule has 0 aliphatic carbocycles. The van der Waals surface area contributed by atoms with Crippen LogP contribution in [0.3, 0.4) is 0 Å². The predicted molar refractivity (Wildman–Crippen MR) is 114 cm³/mol. The average molecular weight is 407 g/mol. The molecule has 3 aromatic rings. The Kier molecular flexibility index (Phi) is 5.65. The van der Waals surface area contributed by atoms with Gasteiger partial charge >= 0.3 is 0 Å². The van der Waals surface area contributed by atoms with Crippen molar-refractivity contribution in [3.8, 4) is 0 Å². The van der Waals surface area contributed by atoms with E-state index in [2.05, 4.69) is 4.98 Å². The van der Waals surface area contributed by atoms with Gasteiger partial charge in [-0.15, -0.1) is 0 Å². The molecule has 1 fully saturated rings. The fourth-order valence-corrected chi connectivity index (χ4v) is 4.41. The number of nitrogens with zero attached hydrogens (tertiary/aromatic N) is 2. The molecular weight excluding hydrogens is 384 g/mol. The molecule has 148 valence electrons. The van der Waals surface area contributed by atoms with Crippen molar-refractivity contribution < 1.29 is 9.90 Å². The predicted octanol–water partition coefficient (Wildman–Crippen LogP) is 4.52. The number of hydrogen-bond donors (Lipinski definition) is 1. The Balaban J connectivity index is 1.57. The molecule has 2 aromatic carbocycles. The highest BCUT2D eigenvalue weighted by molar-refractivity contribution is 6.30. The van der Waals surface area contributed by atoms with Gasteiger partial charge in [0.2, 0.25) is 0 Å². The van der Waals surface area contributed by atoms with Crippen LogP contribution in [-0.4, -0.2) is 34.0 Å². The molecule has 4 nitrogen and oxygen atoms in total. The quantitative estimate of drug-likeness (QED) is 0.692. The number of halogens is 1. The lowest BCUT2D eigenvalue weighted by Gasteiger charge is -2.42. The second-order valence-corrected chi connectivity index (χ2v) is 7.89. The number of amides is 1. The van der Waals surface area contributed by atoms with Gasteiger partial charge in [0.15, 0.2) is 0 Å². The molecule has 1 aliphatic heterocycles. The highest BCUT2D eigenvalue weighted by Gasteiger charge is 2.42. The van der Waals surface area contributed by atoms with E-state index in [4.69, 9.17) is 11.6 Å². The first-order valence-electron chi connectivity index (χ1n) is 9.82. The number of piperidine rings is 1. The number of hydrogen-bond acceptors (Lipinski definition) is 3. The molecule has 5 heteroatoms. The summed E-state index contributed by atoms with van der Waals surface area (Å²) in [6.07, 6.45) is 4.48. The molecule has 0 radical (unpaired) electrons. The molecule has 0 unspecified atom stereocenters. The normalized spacial score (nSPS) is 15.3. The van der Waals surface area contributed by atoms with Crippen molar-refractivity contribution in [1.29, 1.82) is 0 Å². The lowest BCUT2D eigenvalue weighted by Crippen LogP contribution is -2.46. The summed E-state index contributed by atoms with van der Waals surface area (Å²) in [5, 5.41) is 12.4. The first-order valence-corrected chi connectivity index (χ1v) is 10.2. The van der Waals surface area contributed by atoms with Gasteiger partial charge in [0.05, 0.1) is 10.6 Å². The van der Waals surface area contributed by atoms with Crippen molar-refractivity contribution in [2.75, 3.05) is 13.1 Å². The van der Waals surface area contributed by atoms with E-state index in [0.717, 1.165) is 11.1 Å². The summed E-state index contributed by atoms with van der Waals surface area (Å²) in [7, 11) is 0. The van der Waals surface area contributed by atoms with Crippen LogP contribution in [0.4, 0.5) is 0 Å². The first kappa shape index (κ1) is 19.6. The van der Waals surface area contributed by atoms with Crippen LogP contribution in [0.15, 0.2) is 79.1 Å². The molecule has 0 spiro atoms. The monoisotopic (exact) mass is 406 g/mol. The average Bonchev–Trinajstić information content (AvgIpc) is 2.79. The molecule has 0 atom stereocenters. The second kappa shape index (κ2) is 8.36. The number of aliphatic hydroxyl groups is 1. The largest absolute Gasteiger partial charge is 0.380 e. The van der Waals surface area contributed by atoms with Crippen LogP contribution in [0.2, 0.25) is 5.02 Å². The van der Waals surface area contributed by atoms with Crippen LogP contribution in [0.5, 0.6) is 0 Å². The summed E-state index contributed by atoms with van der Waals surface area (Å²) in [4.78, 5) is 18.6. The molecular formula is C24H23ClN2O2. The Morgan fingerprint density at radius 1 is 0.966 bits per heavy atom. The summed E-state index contributed by atoms with van der Waals surface area (Å²) in [5.74, 6) is -0.0600. The molecule has 1 amide bonds. The number of carbonyl (C=O) groups is 1. The lowest BCUT2D eigenvalue weighted by atomic mass is 9.72. The van der Waals surface area contributed by atoms with Gasteiger partial charge in [0.1, 0.15) is 5.60 Å². The van der Waals surface area contributed by atoms with Crippen LogP contribution in [0, 0.1) is 5.92 Å². The van der Waals surface area contributed by atoms with E-state index in [1.54, 1.807) is 12.3 Å². The van der Waals surface area contributed by atoms with Gasteiger partial charge in [-0.2, -0.15) is 0 Å². The van der Waals surface area contributed by atoms with E-state index in [0.29, 0.717) is 36.5 Å².